The van der Waals surface area contributed by atoms with Gasteiger partial charge in [0, 0.05) is 5.41 Å². The van der Waals surface area contributed by atoms with Gasteiger partial charge in [-0.2, -0.15) is 0 Å². The van der Waals surface area contributed by atoms with Gasteiger partial charge in [0.25, 0.3) is 0 Å². The molecular weight excluding hydrogens is 100 g/mol. The van der Waals surface area contributed by atoms with Crippen LogP contribution in [0.2, 0.25) is 0 Å². The van der Waals surface area contributed by atoms with Gasteiger partial charge in [0.1, 0.15) is 6.10 Å². The summed E-state index contributed by atoms with van der Waals surface area (Å²) in [6.07, 6.45) is 3.15. The number of ether oxygens (including phenoxy) is 1. The highest BCUT2D eigenvalue weighted by atomic mass is 16.5. The molecule has 0 N–H and O–H groups in total. The van der Waals surface area contributed by atoms with Crippen LogP contribution in [-0.4, -0.2) is 6.10 Å². The standard InChI is InChI=1S/C7H12O/c1-4-8-6-5-7(6,2)3/h4,6H,1,5H2,2-3H3/t6-/m1/s1. The fourth-order valence-electron chi connectivity index (χ4n) is 0.767. The molecule has 1 aliphatic rings. The first kappa shape index (κ1) is 5.67. The molecule has 1 aliphatic carbocycles. The zero-order valence-corrected chi connectivity index (χ0v) is 5.48. The molecule has 0 saturated heterocycles. The van der Waals surface area contributed by atoms with E-state index in [0.717, 1.165) is 0 Å². The van der Waals surface area contributed by atoms with Crippen LogP contribution in [0.4, 0.5) is 0 Å². The van der Waals surface area contributed by atoms with Crippen molar-refractivity contribution in [1.29, 1.82) is 0 Å². The number of hydrogen-bond donors (Lipinski definition) is 0. The Balaban J connectivity index is 2.26. The number of hydrogen-bond acceptors (Lipinski definition) is 1. The zero-order chi connectivity index (χ0) is 6.20. The van der Waals surface area contributed by atoms with Gasteiger partial charge >= 0.3 is 0 Å². The molecule has 0 aromatic heterocycles. The van der Waals surface area contributed by atoms with Crippen molar-refractivity contribution in [1.82, 2.24) is 0 Å². The molecule has 8 heavy (non-hydrogen) atoms. The fourth-order valence-corrected chi connectivity index (χ4v) is 0.767. The molecule has 1 heteroatoms. The predicted octanol–water partition coefficient (Wildman–Crippen LogP) is 1.95. The Morgan fingerprint density at radius 1 is 1.75 bits per heavy atom. The van der Waals surface area contributed by atoms with Crippen LogP contribution >= 0.6 is 0 Å². The van der Waals surface area contributed by atoms with Crippen LogP contribution in [0.25, 0.3) is 0 Å². The minimum absolute atomic E-state index is 0.425. The lowest BCUT2D eigenvalue weighted by molar-refractivity contribution is 0.199. The van der Waals surface area contributed by atoms with Crippen molar-refractivity contribution >= 4 is 0 Å². The van der Waals surface area contributed by atoms with Crippen LogP contribution in [0.3, 0.4) is 0 Å². The molecule has 0 heterocycles. The molecule has 0 bridgehead atoms. The van der Waals surface area contributed by atoms with Crippen LogP contribution in [0, 0.1) is 5.41 Å². The van der Waals surface area contributed by atoms with Gasteiger partial charge in [-0.15, -0.1) is 0 Å². The molecule has 46 valence electrons. The van der Waals surface area contributed by atoms with Gasteiger partial charge in [-0.25, -0.2) is 0 Å². The summed E-state index contributed by atoms with van der Waals surface area (Å²) in [5, 5.41) is 0. The van der Waals surface area contributed by atoms with E-state index in [1.54, 1.807) is 0 Å². The van der Waals surface area contributed by atoms with E-state index >= 15 is 0 Å². The maximum atomic E-state index is 5.13. The average molecular weight is 112 g/mol. The summed E-state index contributed by atoms with van der Waals surface area (Å²) in [6, 6.07) is 0. The molecule has 1 nitrogen and oxygen atoms in total. The highest BCUT2D eigenvalue weighted by Gasteiger charge is 2.47. The van der Waals surface area contributed by atoms with Gasteiger partial charge in [-0.1, -0.05) is 20.4 Å². The Bertz CT molecular complexity index is 105. The summed E-state index contributed by atoms with van der Waals surface area (Å²) in [5.41, 5.74) is 0.425. The number of rotatable bonds is 2. The molecule has 1 rings (SSSR count). The summed E-state index contributed by atoms with van der Waals surface area (Å²) >= 11 is 0. The third kappa shape index (κ3) is 0.857. The van der Waals surface area contributed by atoms with E-state index in [-0.39, 0.29) is 0 Å². The van der Waals surface area contributed by atoms with E-state index in [2.05, 4.69) is 20.4 Å². The second-order valence-corrected chi connectivity index (χ2v) is 2.98. The normalized spacial score (nSPS) is 31.5. The maximum absolute atomic E-state index is 5.13. The second kappa shape index (κ2) is 1.51. The summed E-state index contributed by atoms with van der Waals surface area (Å²) in [5.74, 6) is 0. The summed E-state index contributed by atoms with van der Waals surface area (Å²) in [6.45, 7) is 7.88. The molecule has 0 aromatic carbocycles. The van der Waals surface area contributed by atoms with Crippen LogP contribution in [-0.2, 0) is 4.74 Å². The molecule has 0 aliphatic heterocycles. The van der Waals surface area contributed by atoms with Crippen molar-refractivity contribution in [3.63, 3.8) is 0 Å². The molecular formula is C7H12O. The minimum Gasteiger partial charge on any atom is -0.498 e. The first-order valence-corrected chi connectivity index (χ1v) is 2.93. The first-order chi connectivity index (χ1) is 3.67. The SMILES string of the molecule is C=CO[C@@H]1CC1(C)C. The Kier molecular flexibility index (Phi) is 1.07. The van der Waals surface area contributed by atoms with E-state index in [1.165, 1.54) is 12.7 Å². The lowest BCUT2D eigenvalue weighted by Crippen LogP contribution is -1.95. The Hall–Kier alpha value is -0.460. The third-order valence-corrected chi connectivity index (χ3v) is 1.68. The van der Waals surface area contributed by atoms with Crippen molar-refractivity contribution in [2.75, 3.05) is 0 Å². The van der Waals surface area contributed by atoms with Crippen LogP contribution in [0.1, 0.15) is 20.3 Å². The van der Waals surface area contributed by atoms with Gasteiger partial charge in [0.2, 0.25) is 0 Å². The van der Waals surface area contributed by atoms with E-state index < -0.39 is 0 Å². The van der Waals surface area contributed by atoms with Crippen molar-refractivity contribution in [3.05, 3.63) is 12.8 Å². The molecule has 1 saturated carbocycles. The molecule has 1 fully saturated rings. The first-order valence-electron chi connectivity index (χ1n) is 2.93. The van der Waals surface area contributed by atoms with Crippen molar-refractivity contribution in [3.8, 4) is 0 Å². The summed E-state index contributed by atoms with van der Waals surface area (Å²) < 4.78 is 5.13. The fraction of sp³-hybridized carbons (Fsp3) is 0.714. The van der Waals surface area contributed by atoms with E-state index in [0.29, 0.717) is 11.5 Å². The van der Waals surface area contributed by atoms with Gasteiger partial charge in [0.15, 0.2) is 0 Å². The zero-order valence-electron chi connectivity index (χ0n) is 5.48. The van der Waals surface area contributed by atoms with E-state index in [1.807, 2.05) is 0 Å². The van der Waals surface area contributed by atoms with Gasteiger partial charge in [0.05, 0.1) is 6.26 Å². The second-order valence-electron chi connectivity index (χ2n) is 2.98. The lowest BCUT2D eigenvalue weighted by Gasteiger charge is -1.99. The van der Waals surface area contributed by atoms with Crippen molar-refractivity contribution in [2.24, 2.45) is 5.41 Å². The van der Waals surface area contributed by atoms with E-state index in [9.17, 15) is 0 Å². The van der Waals surface area contributed by atoms with Crippen molar-refractivity contribution in [2.45, 2.75) is 26.4 Å². The van der Waals surface area contributed by atoms with Crippen molar-refractivity contribution < 1.29 is 4.74 Å². The Morgan fingerprint density at radius 2 is 2.25 bits per heavy atom. The quantitative estimate of drug-likeness (QED) is 0.496. The summed E-state index contributed by atoms with van der Waals surface area (Å²) in [4.78, 5) is 0. The maximum Gasteiger partial charge on any atom is 0.104 e. The average Bonchev–Trinajstić information content (AvgIpc) is 2.15. The van der Waals surface area contributed by atoms with Crippen LogP contribution in [0.15, 0.2) is 12.8 Å². The highest BCUT2D eigenvalue weighted by Crippen LogP contribution is 2.47. The topological polar surface area (TPSA) is 9.23 Å². The van der Waals surface area contributed by atoms with Gasteiger partial charge < -0.3 is 4.74 Å². The smallest absolute Gasteiger partial charge is 0.104 e. The predicted molar refractivity (Wildman–Crippen MR) is 33.5 cm³/mol. The van der Waals surface area contributed by atoms with E-state index in [4.69, 9.17) is 4.74 Å². The minimum atomic E-state index is 0.425. The molecule has 0 radical (unpaired) electrons. The molecule has 1 atom stereocenters. The monoisotopic (exact) mass is 112 g/mol. The Morgan fingerprint density at radius 3 is 2.38 bits per heavy atom. The Labute approximate surface area is 50.3 Å². The van der Waals surface area contributed by atoms with Crippen LogP contribution < -0.4 is 0 Å². The third-order valence-electron chi connectivity index (χ3n) is 1.68. The molecule has 0 aromatic rings. The van der Waals surface area contributed by atoms with Crippen LogP contribution in [0.5, 0.6) is 0 Å². The lowest BCUT2D eigenvalue weighted by atomic mass is 10.2. The highest BCUT2D eigenvalue weighted by molar-refractivity contribution is 4.97. The largest absolute Gasteiger partial charge is 0.498 e. The molecule has 0 amide bonds. The summed E-state index contributed by atoms with van der Waals surface area (Å²) in [7, 11) is 0. The van der Waals surface area contributed by atoms with Gasteiger partial charge in [-0.05, 0) is 6.42 Å². The molecule has 0 spiro atoms. The van der Waals surface area contributed by atoms with Gasteiger partial charge in [-0.3, -0.25) is 0 Å². The molecule has 0 unspecified atom stereocenters.